The largest absolute Gasteiger partial charge is 0.506 e. The second-order valence-electron chi connectivity index (χ2n) is 5.95. The third kappa shape index (κ3) is 4.22. The number of aromatic nitrogens is 1. The van der Waals surface area contributed by atoms with Crippen LogP contribution in [0.5, 0.6) is 17.2 Å². The molecule has 0 saturated heterocycles. The smallest absolute Gasteiger partial charge is 0.339 e. The Balaban J connectivity index is 2.02. The number of aromatic hydroxyl groups is 1. The highest BCUT2D eigenvalue weighted by Crippen LogP contribution is 2.36. The van der Waals surface area contributed by atoms with Crippen molar-refractivity contribution in [2.75, 3.05) is 13.2 Å². The zero-order valence-electron chi connectivity index (χ0n) is 15.8. The molecular formula is C21H19NO6S. The summed E-state index contributed by atoms with van der Waals surface area (Å²) in [6, 6.07) is 8.24. The van der Waals surface area contributed by atoms with Crippen molar-refractivity contribution in [2.24, 2.45) is 0 Å². The van der Waals surface area contributed by atoms with Gasteiger partial charge < -0.3 is 19.7 Å². The molecule has 0 atom stereocenters. The molecule has 0 aliphatic rings. The summed E-state index contributed by atoms with van der Waals surface area (Å²) in [7, 11) is 0. The first kappa shape index (κ1) is 20.3. The fourth-order valence-electron chi connectivity index (χ4n) is 2.78. The second-order valence-corrected chi connectivity index (χ2v) is 6.81. The minimum Gasteiger partial charge on any atom is -0.506 e. The predicted octanol–water partition coefficient (Wildman–Crippen LogP) is 4.49. The molecule has 3 aromatic rings. The van der Waals surface area contributed by atoms with E-state index in [4.69, 9.17) is 9.47 Å². The van der Waals surface area contributed by atoms with Crippen molar-refractivity contribution in [1.29, 1.82) is 0 Å². The number of rotatable bonds is 8. The Bertz CT molecular complexity index is 1060. The molecule has 7 nitrogen and oxygen atoms in total. The van der Waals surface area contributed by atoms with E-state index in [9.17, 15) is 19.8 Å². The molecule has 29 heavy (non-hydrogen) atoms. The third-order valence-corrected chi connectivity index (χ3v) is 4.98. The SMILES string of the molecule is CCOc1ccc(-c2nc(-c3cc(C=O)c(O)c(C(=O)O)c3)cs2)cc1OCC. The summed E-state index contributed by atoms with van der Waals surface area (Å²) in [5, 5.41) is 21.6. The van der Waals surface area contributed by atoms with E-state index >= 15 is 0 Å². The maximum Gasteiger partial charge on any atom is 0.339 e. The first-order chi connectivity index (χ1) is 14.0. The van der Waals surface area contributed by atoms with Crippen LogP contribution >= 0.6 is 11.3 Å². The number of carboxylic acids is 1. The lowest BCUT2D eigenvalue weighted by Crippen LogP contribution is -2.00. The maximum absolute atomic E-state index is 11.4. The maximum atomic E-state index is 11.4. The van der Waals surface area contributed by atoms with Gasteiger partial charge in [0.25, 0.3) is 0 Å². The summed E-state index contributed by atoms with van der Waals surface area (Å²) in [6.07, 6.45) is 0.416. The highest BCUT2D eigenvalue weighted by molar-refractivity contribution is 7.13. The van der Waals surface area contributed by atoms with Crippen molar-refractivity contribution in [3.63, 3.8) is 0 Å². The van der Waals surface area contributed by atoms with E-state index in [2.05, 4.69) is 4.98 Å². The molecule has 0 spiro atoms. The number of carbonyl (C=O) groups is 2. The lowest BCUT2D eigenvalue weighted by Gasteiger charge is -2.11. The molecule has 2 N–H and O–H groups in total. The molecule has 1 aromatic heterocycles. The van der Waals surface area contributed by atoms with Crippen molar-refractivity contribution < 1.29 is 29.3 Å². The number of aldehydes is 1. The van der Waals surface area contributed by atoms with Gasteiger partial charge in [0.2, 0.25) is 0 Å². The van der Waals surface area contributed by atoms with Crippen LogP contribution in [0.1, 0.15) is 34.6 Å². The lowest BCUT2D eigenvalue weighted by atomic mass is 10.0. The molecule has 2 aromatic carbocycles. The van der Waals surface area contributed by atoms with Crippen LogP contribution in [0.25, 0.3) is 21.8 Å². The normalized spacial score (nSPS) is 10.6. The number of carboxylic acid groups (broad SMARTS) is 1. The Morgan fingerprint density at radius 2 is 1.83 bits per heavy atom. The summed E-state index contributed by atoms with van der Waals surface area (Å²) in [4.78, 5) is 27.1. The van der Waals surface area contributed by atoms with Gasteiger partial charge in [-0.1, -0.05) is 0 Å². The molecule has 0 unspecified atom stereocenters. The summed E-state index contributed by atoms with van der Waals surface area (Å²) >= 11 is 1.37. The van der Waals surface area contributed by atoms with Gasteiger partial charge in [-0.05, 0) is 44.2 Å². The minimum atomic E-state index is -1.32. The van der Waals surface area contributed by atoms with Crippen molar-refractivity contribution >= 4 is 23.6 Å². The van der Waals surface area contributed by atoms with E-state index in [1.54, 1.807) is 5.38 Å². The molecular weight excluding hydrogens is 394 g/mol. The molecule has 150 valence electrons. The van der Waals surface area contributed by atoms with Crippen LogP contribution in [0.2, 0.25) is 0 Å². The van der Waals surface area contributed by atoms with E-state index in [0.29, 0.717) is 47.3 Å². The molecule has 0 amide bonds. The quantitative estimate of drug-likeness (QED) is 0.524. The van der Waals surface area contributed by atoms with Crippen molar-refractivity contribution in [1.82, 2.24) is 4.98 Å². The van der Waals surface area contributed by atoms with Crippen molar-refractivity contribution in [3.8, 4) is 39.1 Å². The van der Waals surface area contributed by atoms with Gasteiger partial charge in [-0.25, -0.2) is 9.78 Å². The third-order valence-electron chi connectivity index (χ3n) is 4.09. The first-order valence-corrected chi connectivity index (χ1v) is 9.77. The highest BCUT2D eigenvalue weighted by Gasteiger charge is 2.18. The highest BCUT2D eigenvalue weighted by atomic mass is 32.1. The Hall–Kier alpha value is -3.39. The van der Waals surface area contributed by atoms with Crippen LogP contribution in [0.15, 0.2) is 35.7 Å². The number of phenols is 1. The van der Waals surface area contributed by atoms with E-state index in [0.717, 1.165) is 5.56 Å². The van der Waals surface area contributed by atoms with Gasteiger partial charge in [-0.2, -0.15) is 0 Å². The van der Waals surface area contributed by atoms with Crippen molar-refractivity contribution in [2.45, 2.75) is 13.8 Å². The molecule has 0 radical (unpaired) electrons. The van der Waals surface area contributed by atoms with E-state index in [1.807, 2.05) is 32.0 Å². The Morgan fingerprint density at radius 1 is 1.10 bits per heavy atom. The van der Waals surface area contributed by atoms with Gasteiger partial charge in [0.05, 0.1) is 24.5 Å². The summed E-state index contributed by atoms with van der Waals surface area (Å²) in [6.45, 7) is 4.80. The Kier molecular flexibility index (Phi) is 6.13. The van der Waals surface area contributed by atoms with Gasteiger partial charge in [0.15, 0.2) is 17.8 Å². The van der Waals surface area contributed by atoms with Crippen LogP contribution in [0, 0.1) is 0 Å². The molecule has 0 bridgehead atoms. The number of hydrogen-bond acceptors (Lipinski definition) is 7. The molecule has 0 aliphatic carbocycles. The zero-order chi connectivity index (χ0) is 21.0. The van der Waals surface area contributed by atoms with Gasteiger partial charge in [0, 0.05) is 16.5 Å². The minimum absolute atomic E-state index is 0.103. The van der Waals surface area contributed by atoms with E-state index in [-0.39, 0.29) is 11.1 Å². The summed E-state index contributed by atoms with van der Waals surface area (Å²) in [5.74, 6) is -0.616. The molecule has 8 heteroatoms. The van der Waals surface area contributed by atoms with Crippen LogP contribution in [-0.4, -0.2) is 40.7 Å². The molecule has 0 saturated carbocycles. The summed E-state index contributed by atoms with van der Waals surface area (Å²) < 4.78 is 11.2. The standard InChI is InChI=1S/C21H19NO6S/c1-3-27-17-6-5-12(9-18(17)28-4-2)20-22-16(11-29-20)13-7-14(10-23)19(24)15(8-13)21(25)26/h5-11,24H,3-4H2,1-2H3,(H,25,26). The van der Waals surface area contributed by atoms with Gasteiger partial charge in [-0.3, -0.25) is 4.79 Å². The number of hydrogen-bond donors (Lipinski definition) is 2. The lowest BCUT2D eigenvalue weighted by molar-refractivity contribution is 0.0693. The predicted molar refractivity (Wildman–Crippen MR) is 109 cm³/mol. The van der Waals surface area contributed by atoms with E-state index in [1.165, 1.54) is 23.5 Å². The average Bonchev–Trinajstić information content (AvgIpc) is 3.20. The molecule has 1 heterocycles. The molecule has 0 aliphatic heterocycles. The topological polar surface area (TPSA) is 106 Å². The summed E-state index contributed by atoms with van der Waals surface area (Å²) in [5.41, 5.74) is 1.30. The number of thiazole rings is 1. The number of ether oxygens (including phenoxy) is 2. The Morgan fingerprint density at radius 3 is 2.48 bits per heavy atom. The number of benzene rings is 2. The van der Waals surface area contributed by atoms with Crippen LogP contribution in [0.3, 0.4) is 0 Å². The van der Waals surface area contributed by atoms with Crippen LogP contribution < -0.4 is 9.47 Å². The van der Waals surface area contributed by atoms with Crippen LogP contribution in [-0.2, 0) is 0 Å². The average molecular weight is 413 g/mol. The van der Waals surface area contributed by atoms with Gasteiger partial charge in [0.1, 0.15) is 16.3 Å². The Labute approximate surface area is 171 Å². The first-order valence-electron chi connectivity index (χ1n) is 8.89. The fraction of sp³-hybridized carbons (Fsp3) is 0.190. The van der Waals surface area contributed by atoms with Crippen LogP contribution in [0.4, 0.5) is 0 Å². The zero-order valence-corrected chi connectivity index (χ0v) is 16.7. The molecule has 0 fully saturated rings. The van der Waals surface area contributed by atoms with Crippen molar-refractivity contribution in [3.05, 3.63) is 46.8 Å². The van der Waals surface area contributed by atoms with Gasteiger partial charge in [-0.15, -0.1) is 11.3 Å². The monoisotopic (exact) mass is 413 g/mol. The molecule has 3 rings (SSSR count). The second kappa shape index (κ2) is 8.74. The fourth-order valence-corrected chi connectivity index (χ4v) is 3.61. The van der Waals surface area contributed by atoms with E-state index < -0.39 is 11.7 Å². The van der Waals surface area contributed by atoms with Gasteiger partial charge >= 0.3 is 5.97 Å². The number of carbonyl (C=O) groups excluding carboxylic acids is 1. The number of aromatic carboxylic acids is 1. The number of nitrogens with zero attached hydrogens (tertiary/aromatic N) is 1.